The zero-order valence-electron chi connectivity index (χ0n) is 16.9. The molecule has 1 N–H and O–H groups in total. The van der Waals surface area contributed by atoms with Crippen LogP contribution in [0.2, 0.25) is 5.02 Å². The van der Waals surface area contributed by atoms with Gasteiger partial charge in [0.1, 0.15) is 5.75 Å². The molecular formula is C22H21ClN4O4. The van der Waals surface area contributed by atoms with Crippen molar-refractivity contribution in [2.45, 2.75) is 25.7 Å². The van der Waals surface area contributed by atoms with Crippen LogP contribution in [0.25, 0.3) is 0 Å². The van der Waals surface area contributed by atoms with Gasteiger partial charge in [0.05, 0.1) is 12.5 Å². The highest BCUT2D eigenvalue weighted by Crippen LogP contribution is 2.32. The molecule has 0 bridgehead atoms. The molecule has 2 amide bonds. The minimum atomic E-state index is -0.373. The molecule has 0 aliphatic carbocycles. The van der Waals surface area contributed by atoms with Crippen LogP contribution in [0.3, 0.4) is 0 Å². The van der Waals surface area contributed by atoms with Gasteiger partial charge in [-0.05, 0) is 55.0 Å². The van der Waals surface area contributed by atoms with E-state index in [-0.39, 0.29) is 30.2 Å². The van der Waals surface area contributed by atoms with Gasteiger partial charge in [-0.1, -0.05) is 23.6 Å². The molecule has 2 heterocycles. The Kier molecular flexibility index (Phi) is 6.18. The number of anilines is 2. The molecule has 1 aromatic heterocycles. The van der Waals surface area contributed by atoms with E-state index in [9.17, 15) is 9.59 Å². The maximum atomic E-state index is 12.4. The molecule has 4 rings (SSSR count). The number of nitrogens with zero attached hydrogens (tertiary/aromatic N) is 3. The number of carbonyl (C=O) groups is 2. The van der Waals surface area contributed by atoms with Crippen LogP contribution in [0.1, 0.15) is 41.9 Å². The summed E-state index contributed by atoms with van der Waals surface area (Å²) in [7, 11) is 0. The molecule has 1 unspecified atom stereocenters. The Balaban J connectivity index is 1.38. The fourth-order valence-electron chi connectivity index (χ4n) is 3.29. The molecule has 3 aromatic rings. The Morgan fingerprint density at radius 2 is 1.94 bits per heavy atom. The van der Waals surface area contributed by atoms with Crippen molar-refractivity contribution in [2.75, 3.05) is 23.4 Å². The van der Waals surface area contributed by atoms with Crippen LogP contribution in [-0.2, 0) is 4.79 Å². The summed E-state index contributed by atoms with van der Waals surface area (Å²) >= 11 is 5.92. The zero-order chi connectivity index (χ0) is 21.8. The highest BCUT2D eigenvalue weighted by atomic mass is 35.5. The highest BCUT2D eigenvalue weighted by Gasteiger charge is 2.35. The summed E-state index contributed by atoms with van der Waals surface area (Å²) in [5.74, 6) is 0.346. The number of hydrogen-bond donors (Lipinski definition) is 1. The maximum Gasteiger partial charge on any atom is 0.322 e. The summed E-state index contributed by atoms with van der Waals surface area (Å²) in [6.45, 7) is 3.06. The first-order chi connectivity index (χ1) is 15.0. The topological polar surface area (TPSA) is 97.6 Å². The second-order valence-corrected chi connectivity index (χ2v) is 7.59. The fourth-order valence-corrected chi connectivity index (χ4v) is 3.41. The SMILES string of the molecule is CCCOc1ccc(C(=O)Nc2nnc(C3CC(=O)N(c4ccc(Cl)cc4)C3)o2)cc1. The molecule has 0 saturated carbocycles. The third-order valence-electron chi connectivity index (χ3n) is 4.86. The summed E-state index contributed by atoms with van der Waals surface area (Å²) in [6, 6.07) is 13.8. The average molecular weight is 441 g/mol. The van der Waals surface area contributed by atoms with Crippen molar-refractivity contribution >= 4 is 35.1 Å². The van der Waals surface area contributed by atoms with Crippen molar-refractivity contribution in [1.29, 1.82) is 0 Å². The number of aromatic nitrogens is 2. The van der Waals surface area contributed by atoms with E-state index in [0.717, 1.165) is 12.1 Å². The molecule has 0 radical (unpaired) electrons. The van der Waals surface area contributed by atoms with Crippen LogP contribution in [0, 0.1) is 0 Å². The van der Waals surface area contributed by atoms with Gasteiger partial charge in [-0.15, -0.1) is 5.10 Å². The average Bonchev–Trinajstić information content (AvgIpc) is 3.40. The Hall–Kier alpha value is -3.39. The first kappa shape index (κ1) is 20.9. The number of ether oxygens (including phenoxy) is 1. The van der Waals surface area contributed by atoms with Crippen molar-refractivity contribution in [3.8, 4) is 5.75 Å². The molecule has 8 nitrogen and oxygen atoms in total. The molecule has 0 spiro atoms. The second kappa shape index (κ2) is 9.18. The van der Waals surface area contributed by atoms with E-state index >= 15 is 0 Å². The van der Waals surface area contributed by atoms with Gasteiger partial charge in [-0.25, -0.2) is 0 Å². The zero-order valence-corrected chi connectivity index (χ0v) is 17.6. The van der Waals surface area contributed by atoms with E-state index in [4.69, 9.17) is 20.8 Å². The van der Waals surface area contributed by atoms with Gasteiger partial charge in [0.25, 0.3) is 5.91 Å². The number of rotatable bonds is 7. The number of benzene rings is 2. The Morgan fingerprint density at radius 3 is 2.65 bits per heavy atom. The molecule has 160 valence electrons. The van der Waals surface area contributed by atoms with Crippen LogP contribution in [0.5, 0.6) is 5.75 Å². The molecule has 1 aliphatic heterocycles. The van der Waals surface area contributed by atoms with Crippen molar-refractivity contribution in [2.24, 2.45) is 0 Å². The molecule has 1 atom stereocenters. The number of hydrogen-bond acceptors (Lipinski definition) is 6. The number of amides is 2. The van der Waals surface area contributed by atoms with E-state index in [1.54, 1.807) is 53.4 Å². The fraction of sp³-hybridized carbons (Fsp3) is 0.273. The maximum absolute atomic E-state index is 12.4. The Labute approximate surface area is 184 Å². The highest BCUT2D eigenvalue weighted by molar-refractivity contribution is 6.30. The first-order valence-electron chi connectivity index (χ1n) is 9.97. The molecule has 1 fully saturated rings. The van der Waals surface area contributed by atoms with E-state index in [2.05, 4.69) is 15.5 Å². The molecular weight excluding hydrogens is 420 g/mol. The van der Waals surface area contributed by atoms with Gasteiger partial charge < -0.3 is 14.1 Å². The van der Waals surface area contributed by atoms with Gasteiger partial charge in [0.15, 0.2) is 0 Å². The number of carbonyl (C=O) groups excluding carboxylic acids is 2. The Bertz CT molecular complexity index is 1070. The van der Waals surface area contributed by atoms with E-state index in [0.29, 0.717) is 35.4 Å². The minimum Gasteiger partial charge on any atom is -0.494 e. The summed E-state index contributed by atoms with van der Waals surface area (Å²) in [6.07, 6.45) is 1.16. The lowest BCUT2D eigenvalue weighted by atomic mass is 10.1. The van der Waals surface area contributed by atoms with Gasteiger partial charge in [0, 0.05) is 29.2 Å². The van der Waals surface area contributed by atoms with Gasteiger partial charge in [-0.3, -0.25) is 14.9 Å². The first-order valence-corrected chi connectivity index (χ1v) is 10.3. The van der Waals surface area contributed by atoms with Crippen LogP contribution in [-0.4, -0.2) is 35.2 Å². The largest absolute Gasteiger partial charge is 0.494 e. The smallest absolute Gasteiger partial charge is 0.322 e. The summed E-state index contributed by atoms with van der Waals surface area (Å²) in [5, 5.41) is 11.1. The third kappa shape index (κ3) is 4.86. The molecule has 1 saturated heterocycles. The lowest BCUT2D eigenvalue weighted by Gasteiger charge is -2.16. The summed E-state index contributed by atoms with van der Waals surface area (Å²) in [4.78, 5) is 26.5. The number of halogens is 1. The van der Waals surface area contributed by atoms with Gasteiger partial charge >= 0.3 is 6.01 Å². The van der Waals surface area contributed by atoms with E-state index in [1.807, 2.05) is 6.92 Å². The van der Waals surface area contributed by atoms with Crippen molar-refractivity contribution < 1.29 is 18.7 Å². The van der Waals surface area contributed by atoms with Crippen molar-refractivity contribution in [1.82, 2.24) is 10.2 Å². The third-order valence-corrected chi connectivity index (χ3v) is 5.12. The molecule has 31 heavy (non-hydrogen) atoms. The normalized spacial score (nSPS) is 15.9. The second-order valence-electron chi connectivity index (χ2n) is 7.15. The number of nitrogens with one attached hydrogen (secondary N) is 1. The standard InChI is InChI=1S/C22H21ClN4O4/c1-2-11-30-18-9-3-14(4-10-18)20(29)24-22-26-25-21(31-22)15-12-19(28)27(13-15)17-7-5-16(23)6-8-17/h3-10,15H,2,11-13H2,1H3,(H,24,26,29). The van der Waals surface area contributed by atoms with Crippen LogP contribution in [0.4, 0.5) is 11.7 Å². The predicted molar refractivity (Wildman–Crippen MR) is 116 cm³/mol. The van der Waals surface area contributed by atoms with Crippen molar-refractivity contribution in [3.05, 3.63) is 65.0 Å². The molecule has 2 aromatic carbocycles. The van der Waals surface area contributed by atoms with Crippen LogP contribution in [0.15, 0.2) is 52.9 Å². The molecule has 1 aliphatic rings. The summed E-state index contributed by atoms with van der Waals surface area (Å²) in [5.41, 5.74) is 1.20. The summed E-state index contributed by atoms with van der Waals surface area (Å²) < 4.78 is 11.1. The lowest BCUT2D eigenvalue weighted by Crippen LogP contribution is -2.24. The van der Waals surface area contributed by atoms with Crippen LogP contribution < -0.4 is 15.0 Å². The predicted octanol–water partition coefficient (Wildman–Crippen LogP) is 4.28. The van der Waals surface area contributed by atoms with Crippen molar-refractivity contribution in [3.63, 3.8) is 0 Å². The lowest BCUT2D eigenvalue weighted by molar-refractivity contribution is -0.117. The van der Waals surface area contributed by atoms with E-state index in [1.165, 1.54) is 0 Å². The minimum absolute atomic E-state index is 0.0105. The van der Waals surface area contributed by atoms with Gasteiger partial charge in [-0.2, -0.15) is 0 Å². The van der Waals surface area contributed by atoms with Crippen LogP contribution >= 0.6 is 11.6 Å². The Morgan fingerprint density at radius 1 is 1.19 bits per heavy atom. The van der Waals surface area contributed by atoms with E-state index < -0.39 is 0 Å². The molecule has 9 heteroatoms. The monoisotopic (exact) mass is 440 g/mol. The quantitative estimate of drug-likeness (QED) is 0.588. The van der Waals surface area contributed by atoms with Gasteiger partial charge in [0.2, 0.25) is 11.8 Å².